The Balaban J connectivity index is 5.21. The maximum Gasteiger partial charge on any atom is 0.326 e. The molecule has 23 heavy (non-hydrogen) atoms. The van der Waals surface area contributed by atoms with Crippen LogP contribution >= 0.6 is 0 Å². The van der Waals surface area contributed by atoms with E-state index in [0.717, 1.165) is 0 Å². The lowest BCUT2D eigenvalue weighted by atomic mass is 9.92. The van der Waals surface area contributed by atoms with Crippen molar-refractivity contribution in [2.75, 3.05) is 0 Å². The summed E-state index contributed by atoms with van der Waals surface area (Å²) in [6.07, 6.45) is -2.38. The number of carbonyl (C=O) groups excluding carboxylic acids is 3. The van der Waals surface area contributed by atoms with Gasteiger partial charge in [-0.25, -0.2) is 0 Å². The number of carbonyl (C=O) groups is 3. The summed E-state index contributed by atoms with van der Waals surface area (Å²) in [6, 6.07) is -1.20. The number of rotatable bonds is 9. The number of Topliss-reactive ketones (excluding diaryl/α,β-unsaturated/α-hetero) is 1. The SMILES string of the molecule is CC[C@@H](C(C)=O)[C@@H](OC(=O)C(C)C)[C@H](C)OC(=O)[C@@H](N)[C@H](C)O. The number of aliphatic hydroxyl groups excluding tert-OH is 1. The van der Waals surface area contributed by atoms with Gasteiger partial charge in [0.15, 0.2) is 0 Å². The van der Waals surface area contributed by atoms with Gasteiger partial charge in [-0.3, -0.25) is 14.4 Å². The van der Waals surface area contributed by atoms with Crippen molar-refractivity contribution in [1.82, 2.24) is 0 Å². The van der Waals surface area contributed by atoms with E-state index in [1.807, 2.05) is 0 Å². The van der Waals surface area contributed by atoms with Crippen molar-refractivity contribution in [1.29, 1.82) is 0 Å². The molecule has 0 aromatic heterocycles. The molecular formula is C16H29NO6. The summed E-state index contributed by atoms with van der Waals surface area (Å²) in [6.45, 7) is 9.45. The predicted octanol–water partition coefficient (Wildman–Crippen LogP) is 0.809. The summed E-state index contributed by atoms with van der Waals surface area (Å²) in [5.41, 5.74) is 5.53. The lowest BCUT2D eigenvalue weighted by molar-refractivity contribution is -0.176. The molecule has 0 unspecified atom stereocenters. The summed E-state index contributed by atoms with van der Waals surface area (Å²) >= 11 is 0. The zero-order valence-electron chi connectivity index (χ0n) is 14.7. The Kier molecular flexibility index (Phi) is 9.01. The highest BCUT2D eigenvalue weighted by atomic mass is 16.6. The van der Waals surface area contributed by atoms with Crippen LogP contribution in [-0.2, 0) is 23.9 Å². The van der Waals surface area contributed by atoms with Gasteiger partial charge in [-0.05, 0) is 27.2 Å². The van der Waals surface area contributed by atoms with E-state index in [4.69, 9.17) is 15.2 Å². The van der Waals surface area contributed by atoms with Crippen LogP contribution in [0.3, 0.4) is 0 Å². The lowest BCUT2D eigenvalue weighted by Crippen LogP contribution is -2.47. The monoisotopic (exact) mass is 331 g/mol. The third-order valence-corrected chi connectivity index (χ3v) is 3.64. The van der Waals surface area contributed by atoms with Crippen molar-refractivity contribution in [3.63, 3.8) is 0 Å². The molecule has 0 radical (unpaired) electrons. The molecule has 0 aliphatic carbocycles. The van der Waals surface area contributed by atoms with Crippen LogP contribution in [0.4, 0.5) is 0 Å². The van der Waals surface area contributed by atoms with Gasteiger partial charge in [0.05, 0.1) is 17.9 Å². The van der Waals surface area contributed by atoms with E-state index in [1.54, 1.807) is 20.8 Å². The van der Waals surface area contributed by atoms with Crippen LogP contribution in [0.1, 0.15) is 48.0 Å². The van der Waals surface area contributed by atoms with Gasteiger partial charge in [-0.1, -0.05) is 20.8 Å². The van der Waals surface area contributed by atoms with Crippen molar-refractivity contribution in [3.05, 3.63) is 0 Å². The van der Waals surface area contributed by atoms with Crippen LogP contribution in [0.15, 0.2) is 0 Å². The van der Waals surface area contributed by atoms with Gasteiger partial charge in [0.25, 0.3) is 0 Å². The first-order valence-electron chi connectivity index (χ1n) is 7.87. The molecule has 0 heterocycles. The molecule has 3 N–H and O–H groups in total. The van der Waals surface area contributed by atoms with Crippen molar-refractivity contribution < 1.29 is 29.0 Å². The van der Waals surface area contributed by atoms with E-state index in [9.17, 15) is 19.5 Å². The molecule has 0 aromatic rings. The Hall–Kier alpha value is -1.47. The highest BCUT2D eigenvalue weighted by Gasteiger charge is 2.36. The highest BCUT2D eigenvalue weighted by molar-refractivity contribution is 5.80. The molecule has 0 aliphatic rings. The van der Waals surface area contributed by atoms with E-state index in [-0.39, 0.29) is 11.7 Å². The summed E-state index contributed by atoms with van der Waals surface area (Å²) in [4.78, 5) is 35.6. The molecule has 0 aliphatic heterocycles. The maximum absolute atomic E-state index is 11.9. The van der Waals surface area contributed by atoms with Crippen molar-refractivity contribution >= 4 is 17.7 Å². The molecule has 7 nitrogen and oxygen atoms in total. The summed E-state index contributed by atoms with van der Waals surface area (Å²) in [5.74, 6) is -2.39. The average Bonchev–Trinajstić information content (AvgIpc) is 2.44. The van der Waals surface area contributed by atoms with Crippen molar-refractivity contribution in [3.8, 4) is 0 Å². The second kappa shape index (κ2) is 9.62. The van der Waals surface area contributed by atoms with Gasteiger partial charge in [-0.2, -0.15) is 0 Å². The van der Waals surface area contributed by atoms with E-state index < -0.39 is 42.2 Å². The molecule has 134 valence electrons. The van der Waals surface area contributed by atoms with Crippen LogP contribution < -0.4 is 5.73 Å². The molecule has 7 heteroatoms. The average molecular weight is 331 g/mol. The number of ether oxygens (including phenoxy) is 2. The normalized spacial score (nSPS) is 17.8. The van der Waals surface area contributed by atoms with Crippen molar-refractivity contribution in [2.24, 2.45) is 17.6 Å². The van der Waals surface area contributed by atoms with E-state index in [1.165, 1.54) is 20.8 Å². The number of hydrogen-bond acceptors (Lipinski definition) is 7. The quantitative estimate of drug-likeness (QED) is 0.600. The van der Waals surface area contributed by atoms with Gasteiger partial charge < -0.3 is 20.3 Å². The standard InChI is InChI=1S/C16H29NO6/c1-7-12(9(4)18)14(23-15(20)8(2)3)11(6)22-16(21)13(17)10(5)19/h8,10-14,19H,7,17H2,1-6H3/t10-,11-,12-,13-,14-/m0/s1. The Bertz CT molecular complexity index is 421. The van der Waals surface area contributed by atoms with Crippen LogP contribution in [-0.4, -0.2) is 47.2 Å². The first kappa shape index (κ1) is 21.5. The molecule has 0 rings (SSSR count). The van der Waals surface area contributed by atoms with Gasteiger partial charge in [-0.15, -0.1) is 0 Å². The molecule has 5 atom stereocenters. The first-order chi connectivity index (χ1) is 10.5. The van der Waals surface area contributed by atoms with Crippen molar-refractivity contribution in [2.45, 2.75) is 72.3 Å². The summed E-state index contributed by atoms with van der Waals surface area (Å²) < 4.78 is 10.6. The zero-order chi connectivity index (χ0) is 18.3. The van der Waals surface area contributed by atoms with Crippen LogP contribution in [0, 0.1) is 11.8 Å². The molecule has 0 saturated heterocycles. The Morgan fingerprint density at radius 2 is 1.57 bits per heavy atom. The number of aliphatic hydroxyl groups is 1. The minimum absolute atomic E-state index is 0.156. The molecule has 0 bridgehead atoms. The van der Waals surface area contributed by atoms with Gasteiger partial charge in [0.2, 0.25) is 0 Å². The fourth-order valence-electron chi connectivity index (χ4n) is 2.05. The molecule has 0 amide bonds. The fraction of sp³-hybridized carbons (Fsp3) is 0.812. The van der Waals surface area contributed by atoms with E-state index in [2.05, 4.69) is 0 Å². The smallest absolute Gasteiger partial charge is 0.326 e. The summed E-state index contributed by atoms with van der Waals surface area (Å²) in [5, 5.41) is 9.34. The topological polar surface area (TPSA) is 116 Å². The zero-order valence-corrected chi connectivity index (χ0v) is 14.7. The number of esters is 2. The number of nitrogens with two attached hydrogens (primary N) is 1. The largest absolute Gasteiger partial charge is 0.457 e. The third kappa shape index (κ3) is 6.66. The fourth-order valence-corrected chi connectivity index (χ4v) is 2.05. The number of hydrogen-bond donors (Lipinski definition) is 2. The third-order valence-electron chi connectivity index (χ3n) is 3.64. The van der Waals surface area contributed by atoms with E-state index in [0.29, 0.717) is 6.42 Å². The predicted molar refractivity (Wildman–Crippen MR) is 84.4 cm³/mol. The lowest BCUT2D eigenvalue weighted by Gasteiger charge is -2.30. The highest BCUT2D eigenvalue weighted by Crippen LogP contribution is 2.21. The van der Waals surface area contributed by atoms with E-state index >= 15 is 0 Å². The van der Waals surface area contributed by atoms with Crippen LogP contribution in [0.2, 0.25) is 0 Å². The summed E-state index contributed by atoms with van der Waals surface area (Å²) in [7, 11) is 0. The number of ketones is 1. The Morgan fingerprint density at radius 1 is 1.04 bits per heavy atom. The molecular weight excluding hydrogens is 302 g/mol. The Morgan fingerprint density at radius 3 is 1.91 bits per heavy atom. The maximum atomic E-state index is 11.9. The first-order valence-corrected chi connectivity index (χ1v) is 7.87. The minimum atomic E-state index is -1.20. The molecule has 0 fully saturated rings. The van der Waals surface area contributed by atoms with Gasteiger partial charge in [0, 0.05) is 0 Å². The van der Waals surface area contributed by atoms with Gasteiger partial charge in [0.1, 0.15) is 24.0 Å². The van der Waals surface area contributed by atoms with Crippen LogP contribution in [0.5, 0.6) is 0 Å². The Labute approximate surface area is 137 Å². The molecule has 0 saturated carbocycles. The second-order valence-corrected chi connectivity index (χ2v) is 6.09. The van der Waals surface area contributed by atoms with Gasteiger partial charge >= 0.3 is 11.9 Å². The van der Waals surface area contributed by atoms with Crippen LogP contribution in [0.25, 0.3) is 0 Å². The molecule has 0 spiro atoms. The minimum Gasteiger partial charge on any atom is -0.457 e. The second-order valence-electron chi connectivity index (χ2n) is 6.09. The molecule has 0 aromatic carbocycles.